The van der Waals surface area contributed by atoms with E-state index in [1.54, 1.807) is 26.0 Å². The molecule has 4 heteroatoms. The summed E-state index contributed by atoms with van der Waals surface area (Å²) in [5.74, 6) is 1.63. The van der Waals surface area contributed by atoms with Gasteiger partial charge in [-0.25, -0.2) is 0 Å². The molecule has 16 heavy (non-hydrogen) atoms. The summed E-state index contributed by atoms with van der Waals surface area (Å²) in [7, 11) is 5.30. The number of thioether (sulfide) groups is 1. The van der Waals surface area contributed by atoms with Crippen molar-refractivity contribution in [1.82, 2.24) is 5.32 Å². The van der Waals surface area contributed by atoms with E-state index in [9.17, 15) is 0 Å². The van der Waals surface area contributed by atoms with E-state index in [2.05, 4.69) is 17.6 Å². The van der Waals surface area contributed by atoms with E-state index < -0.39 is 0 Å². The molecule has 0 saturated heterocycles. The maximum Gasteiger partial charge on any atom is 0.174 e. The lowest BCUT2D eigenvalue weighted by Crippen LogP contribution is -2.11. The van der Waals surface area contributed by atoms with Gasteiger partial charge in [0.25, 0.3) is 0 Å². The molecule has 0 atom stereocenters. The second kappa shape index (κ2) is 6.66. The number of benzene rings is 1. The first-order valence-electron chi connectivity index (χ1n) is 5.20. The molecular weight excluding hydrogens is 222 g/mol. The summed E-state index contributed by atoms with van der Waals surface area (Å²) in [5.41, 5.74) is 1.29. The summed E-state index contributed by atoms with van der Waals surface area (Å²) in [6.45, 7) is 0.961. The van der Waals surface area contributed by atoms with Crippen LogP contribution in [0.5, 0.6) is 11.5 Å². The Morgan fingerprint density at radius 3 is 2.50 bits per heavy atom. The third-order valence-corrected chi connectivity index (χ3v) is 3.29. The summed E-state index contributed by atoms with van der Waals surface area (Å²) in [6, 6.07) is 4.06. The molecule has 0 heterocycles. The Labute approximate surface area is 102 Å². The Hall–Kier alpha value is -0.870. The van der Waals surface area contributed by atoms with Crippen molar-refractivity contribution in [3.63, 3.8) is 0 Å². The summed E-state index contributed by atoms with van der Waals surface area (Å²) in [6.07, 6.45) is 3.05. The van der Waals surface area contributed by atoms with E-state index in [1.807, 2.05) is 13.1 Å². The normalized spacial score (nSPS) is 10.2. The van der Waals surface area contributed by atoms with Gasteiger partial charge in [0.1, 0.15) is 0 Å². The second-order valence-electron chi connectivity index (χ2n) is 3.35. The molecule has 0 radical (unpaired) electrons. The van der Waals surface area contributed by atoms with Crippen molar-refractivity contribution in [1.29, 1.82) is 0 Å². The lowest BCUT2D eigenvalue weighted by atomic mass is 10.1. The molecule has 1 aromatic carbocycles. The smallest absolute Gasteiger partial charge is 0.174 e. The number of nitrogens with one attached hydrogen (secondary N) is 1. The number of likely N-dealkylation sites (N-methyl/N-ethyl adjacent to an activating group) is 1. The van der Waals surface area contributed by atoms with Gasteiger partial charge in [-0.3, -0.25) is 0 Å². The maximum absolute atomic E-state index is 5.41. The van der Waals surface area contributed by atoms with Crippen molar-refractivity contribution in [2.45, 2.75) is 11.3 Å². The van der Waals surface area contributed by atoms with E-state index in [1.165, 1.54) is 5.56 Å². The zero-order chi connectivity index (χ0) is 12.0. The quantitative estimate of drug-likeness (QED) is 0.773. The highest BCUT2D eigenvalue weighted by molar-refractivity contribution is 7.98. The molecule has 0 bridgehead atoms. The first-order valence-corrected chi connectivity index (χ1v) is 6.43. The number of ether oxygens (including phenoxy) is 2. The fourth-order valence-electron chi connectivity index (χ4n) is 1.62. The number of rotatable bonds is 6. The molecule has 0 spiro atoms. The van der Waals surface area contributed by atoms with Crippen LogP contribution in [-0.4, -0.2) is 34.1 Å². The second-order valence-corrected chi connectivity index (χ2v) is 4.16. The van der Waals surface area contributed by atoms with Gasteiger partial charge in [-0.05, 0) is 37.9 Å². The van der Waals surface area contributed by atoms with Crippen molar-refractivity contribution in [2.24, 2.45) is 0 Å². The van der Waals surface area contributed by atoms with Crippen LogP contribution in [0.1, 0.15) is 5.56 Å². The van der Waals surface area contributed by atoms with Gasteiger partial charge in [0, 0.05) is 0 Å². The van der Waals surface area contributed by atoms with Crippen LogP contribution in [0.4, 0.5) is 0 Å². The average Bonchev–Trinajstić information content (AvgIpc) is 2.34. The molecule has 1 N–H and O–H groups in total. The molecule has 0 fully saturated rings. The summed E-state index contributed by atoms with van der Waals surface area (Å²) in [4.78, 5) is 1.16. The fraction of sp³-hybridized carbons (Fsp3) is 0.500. The third kappa shape index (κ3) is 2.83. The molecule has 3 nitrogen and oxygen atoms in total. The molecule has 0 aliphatic rings. The largest absolute Gasteiger partial charge is 0.493 e. The Bertz CT molecular complexity index is 342. The zero-order valence-corrected chi connectivity index (χ0v) is 11.1. The number of hydrogen-bond acceptors (Lipinski definition) is 4. The van der Waals surface area contributed by atoms with Crippen LogP contribution >= 0.6 is 11.8 Å². The van der Waals surface area contributed by atoms with Crippen LogP contribution in [0, 0.1) is 0 Å². The van der Waals surface area contributed by atoms with E-state index in [0.717, 1.165) is 29.4 Å². The van der Waals surface area contributed by atoms with Crippen molar-refractivity contribution in [3.05, 3.63) is 17.7 Å². The molecule has 0 aliphatic carbocycles. The van der Waals surface area contributed by atoms with Gasteiger partial charge in [0.2, 0.25) is 0 Å². The molecular formula is C12H19NO2S. The van der Waals surface area contributed by atoms with Gasteiger partial charge in [-0.15, -0.1) is 11.8 Å². The molecule has 90 valence electrons. The van der Waals surface area contributed by atoms with E-state index in [0.29, 0.717) is 0 Å². The molecule has 0 aliphatic heterocycles. The topological polar surface area (TPSA) is 30.5 Å². The lowest BCUT2D eigenvalue weighted by molar-refractivity contribution is 0.347. The number of hydrogen-bond donors (Lipinski definition) is 1. The van der Waals surface area contributed by atoms with Crippen LogP contribution in [0.3, 0.4) is 0 Å². The Balaban J connectivity index is 3.10. The minimum Gasteiger partial charge on any atom is -0.493 e. The molecule has 1 aromatic rings. The highest BCUT2D eigenvalue weighted by atomic mass is 32.2. The zero-order valence-electron chi connectivity index (χ0n) is 10.3. The predicted octanol–water partition coefficient (Wildman–Crippen LogP) is 2.19. The van der Waals surface area contributed by atoms with Crippen molar-refractivity contribution in [2.75, 3.05) is 34.1 Å². The monoisotopic (exact) mass is 241 g/mol. The summed E-state index contributed by atoms with van der Waals surface area (Å²) in [5, 5.41) is 3.15. The van der Waals surface area contributed by atoms with Crippen molar-refractivity contribution in [3.8, 4) is 11.5 Å². The Morgan fingerprint density at radius 2 is 2.00 bits per heavy atom. The van der Waals surface area contributed by atoms with Crippen LogP contribution in [0.25, 0.3) is 0 Å². The van der Waals surface area contributed by atoms with Gasteiger partial charge in [-0.1, -0.05) is 6.07 Å². The van der Waals surface area contributed by atoms with Gasteiger partial charge in [0.15, 0.2) is 11.5 Å². The van der Waals surface area contributed by atoms with Gasteiger partial charge in [-0.2, -0.15) is 0 Å². The van der Waals surface area contributed by atoms with Crippen LogP contribution < -0.4 is 14.8 Å². The highest BCUT2D eigenvalue weighted by Gasteiger charge is 2.13. The van der Waals surface area contributed by atoms with E-state index >= 15 is 0 Å². The molecule has 1 rings (SSSR count). The summed E-state index contributed by atoms with van der Waals surface area (Å²) < 4.78 is 10.7. The third-order valence-electron chi connectivity index (χ3n) is 2.43. The average molecular weight is 241 g/mol. The Morgan fingerprint density at radius 1 is 1.25 bits per heavy atom. The standard InChI is InChI=1S/C12H19NO2S/c1-13-8-7-9-5-6-10(14-2)11(15-3)12(9)16-4/h5-6,13H,7-8H2,1-4H3. The minimum absolute atomic E-state index is 0.792. The van der Waals surface area contributed by atoms with Gasteiger partial charge >= 0.3 is 0 Å². The first-order chi connectivity index (χ1) is 7.78. The highest BCUT2D eigenvalue weighted by Crippen LogP contribution is 2.39. The van der Waals surface area contributed by atoms with Gasteiger partial charge in [0.05, 0.1) is 19.1 Å². The Kier molecular flexibility index (Phi) is 5.49. The molecule has 0 amide bonds. The number of methoxy groups -OCH3 is 2. The van der Waals surface area contributed by atoms with Crippen LogP contribution in [0.2, 0.25) is 0 Å². The summed E-state index contributed by atoms with van der Waals surface area (Å²) >= 11 is 1.69. The van der Waals surface area contributed by atoms with Crippen LogP contribution in [0.15, 0.2) is 17.0 Å². The predicted molar refractivity (Wildman–Crippen MR) is 69.0 cm³/mol. The van der Waals surface area contributed by atoms with Gasteiger partial charge < -0.3 is 14.8 Å². The fourth-order valence-corrected chi connectivity index (χ4v) is 2.42. The van der Waals surface area contributed by atoms with Crippen molar-refractivity contribution >= 4 is 11.8 Å². The first kappa shape index (κ1) is 13.2. The molecule has 0 saturated carbocycles. The lowest BCUT2D eigenvalue weighted by Gasteiger charge is -2.15. The SMILES string of the molecule is CNCCc1ccc(OC)c(OC)c1SC. The minimum atomic E-state index is 0.792. The van der Waals surface area contributed by atoms with Crippen molar-refractivity contribution < 1.29 is 9.47 Å². The van der Waals surface area contributed by atoms with E-state index in [4.69, 9.17) is 9.47 Å². The molecule has 0 unspecified atom stereocenters. The van der Waals surface area contributed by atoms with Crippen LogP contribution in [-0.2, 0) is 6.42 Å². The maximum atomic E-state index is 5.41. The molecule has 0 aromatic heterocycles. The van der Waals surface area contributed by atoms with E-state index in [-0.39, 0.29) is 0 Å².